The molecule has 0 bridgehead atoms. The van der Waals surface area contributed by atoms with Gasteiger partial charge in [0.1, 0.15) is 5.01 Å². The van der Waals surface area contributed by atoms with Gasteiger partial charge in [-0.05, 0) is 13.8 Å². The van der Waals surface area contributed by atoms with E-state index in [2.05, 4.69) is 22.3 Å². The number of hydrogen-bond donors (Lipinski definition) is 1. The SMILES string of the molecule is Cc1nn(C)c(C)c1NCc1nccs1. The van der Waals surface area contributed by atoms with Crippen molar-refractivity contribution in [3.63, 3.8) is 0 Å². The molecule has 0 aliphatic carbocycles. The molecule has 2 aromatic rings. The maximum Gasteiger partial charge on any atom is 0.112 e. The van der Waals surface area contributed by atoms with Gasteiger partial charge in [-0.15, -0.1) is 11.3 Å². The first-order chi connectivity index (χ1) is 7.18. The first-order valence-corrected chi connectivity index (χ1v) is 5.69. The molecule has 0 radical (unpaired) electrons. The van der Waals surface area contributed by atoms with Crippen molar-refractivity contribution < 1.29 is 0 Å². The van der Waals surface area contributed by atoms with E-state index in [0.29, 0.717) is 0 Å². The van der Waals surface area contributed by atoms with E-state index in [1.54, 1.807) is 11.3 Å². The van der Waals surface area contributed by atoms with Gasteiger partial charge in [-0.2, -0.15) is 5.10 Å². The Bertz CT molecular complexity index is 444. The molecule has 0 aliphatic rings. The number of rotatable bonds is 3. The van der Waals surface area contributed by atoms with Crippen LogP contribution in [0.1, 0.15) is 16.4 Å². The molecule has 0 saturated heterocycles. The maximum atomic E-state index is 4.35. The lowest BCUT2D eigenvalue weighted by molar-refractivity contribution is 0.731. The van der Waals surface area contributed by atoms with Gasteiger partial charge in [0.2, 0.25) is 0 Å². The Balaban J connectivity index is 2.11. The molecule has 80 valence electrons. The summed E-state index contributed by atoms with van der Waals surface area (Å²) in [5.74, 6) is 0. The van der Waals surface area contributed by atoms with Gasteiger partial charge in [-0.1, -0.05) is 0 Å². The van der Waals surface area contributed by atoms with Crippen molar-refractivity contribution in [1.29, 1.82) is 0 Å². The number of aryl methyl sites for hydroxylation is 2. The highest BCUT2D eigenvalue weighted by Crippen LogP contribution is 2.19. The second-order valence-electron chi connectivity index (χ2n) is 3.45. The van der Waals surface area contributed by atoms with Crippen molar-refractivity contribution in [2.75, 3.05) is 5.32 Å². The third-order valence-corrected chi connectivity index (χ3v) is 3.19. The molecule has 1 N–H and O–H groups in total. The molecule has 0 aromatic carbocycles. The van der Waals surface area contributed by atoms with Crippen molar-refractivity contribution in [2.45, 2.75) is 20.4 Å². The minimum Gasteiger partial charge on any atom is -0.376 e. The van der Waals surface area contributed by atoms with Crippen LogP contribution in [-0.2, 0) is 13.6 Å². The first-order valence-electron chi connectivity index (χ1n) is 4.81. The fraction of sp³-hybridized carbons (Fsp3) is 0.400. The number of nitrogens with one attached hydrogen (secondary N) is 1. The Labute approximate surface area is 93.0 Å². The van der Waals surface area contributed by atoms with Crippen LogP contribution in [0.4, 0.5) is 5.69 Å². The molecule has 4 nitrogen and oxygen atoms in total. The van der Waals surface area contributed by atoms with Gasteiger partial charge < -0.3 is 5.32 Å². The smallest absolute Gasteiger partial charge is 0.112 e. The number of hydrogen-bond acceptors (Lipinski definition) is 4. The summed E-state index contributed by atoms with van der Waals surface area (Å²) in [5, 5.41) is 10.8. The first kappa shape index (κ1) is 10.2. The fourth-order valence-electron chi connectivity index (χ4n) is 1.53. The summed E-state index contributed by atoms with van der Waals surface area (Å²) < 4.78 is 1.89. The van der Waals surface area contributed by atoms with Gasteiger partial charge in [0.05, 0.1) is 23.6 Å². The molecule has 15 heavy (non-hydrogen) atoms. The molecule has 0 fully saturated rings. The number of thiazole rings is 1. The second kappa shape index (κ2) is 4.02. The summed E-state index contributed by atoms with van der Waals surface area (Å²) in [4.78, 5) is 4.23. The Morgan fingerprint density at radius 1 is 1.47 bits per heavy atom. The zero-order valence-electron chi connectivity index (χ0n) is 9.11. The van der Waals surface area contributed by atoms with Crippen LogP contribution in [-0.4, -0.2) is 14.8 Å². The van der Waals surface area contributed by atoms with Crippen molar-refractivity contribution in [3.05, 3.63) is 28.0 Å². The summed E-state index contributed by atoms with van der Waals surface area (Å²) in [6.45, 7) is 4.84. The molecule has 2 rings (SSSR count). The third-order valence-electron chi connectivity index (χ3n) is 2.41. The lowest BCUT2D eigenvalue weighted by Gasteiger charge is -2.04. The average molecular weight is 222 g/mol. The van der Waals surface area contributed by atoms with E-state index < -0.39 is 0 Å². The molecule has 2 heterocycles. The Hall–Kier alpha value is -1.36. The standard InChI is InChI=1S/C10H14N4S/c1-7-10(8(2)14(3)13-7)12-6-9-11-4-5-15-9/h4-5,12H,6H2,1-3H3. The van der Waals surface area contributed by atoms with E-state index in [9.17, 15) is 0 Å². The molecule has 0 saturated carbocycles. The van der Waals surface area contributed by atoms with Gasteiger partial charge in [-0.3, -0.25) is 4.68 Å². The number of nitrogens with zero attached hydrogens (tertiary/aromatic N) is 3. The van der Waals surface area contributed by atoms with Gasteiger partial charge in [0, 0.05) is 18.6 Å². The fourth-order valence-corrected chi connectivity index (χ4v) is 2.09. The zero-order valence-corrected chi connectivity index (χ0v) is 9.93. The molecule has 0 spiro atoms. The highest BCUT2D eigenvalue weighted by Gasteiger charge is 2.08. The maximum absolute atomic E-state index is 4.35. The molecule has 0 amide bonds. The van der Waals surface area contributed by atoms with Gasteiger partial charge in [0.25, 0.3) is 0 Å². The van der Waals surface area contributed by atoms with Crippen molar-refractivity contribution in [1.82, 2.24) is 14.8 Å². The lowest BCUT2D eigenvalue weighted by atomic mass is 10.3. The van der Waals surface area contributed by atoms with Crippen LogP contribution in [0, 0.1) is 13.8 Å². The van der Waals surface area contributed by atoms with Gasteiger partial charge in [0.15, 0.2) is 0 Å². The van der Waals surface area contributed by atoms with Crippen LogP contribution < -0.4 is 5.32 Å². The van der Waals surface area contributed by atoms with E-state index in [-0.39, 0.29) is 0 Å². The molecule has 5 heteroatoms. The lowest BCUT2D eigenvalue weighted by Crippen LogP contribution is -2.01. The van der Waals surface area contributed by atoms with E-state index in [4.69, 9.17) is 0 Å². The second-order valence-corrected chi connectivity index (χ2v) is 4.43. The predicted molar refractivity (Wildman–Crippen MR) is 62.1 cm³/mol. The van der Waals surface area contributed by atoms with Crippen LogP contribution in [0.3, 0.4) is 0 Å². The molecular formula is C10H14N4S. The average Bonchev–Trinajstić information content (AvgIpc) is 2.76. The van der Waals surface area contributed by atoms with Crippen LogP contribution in [0.25, 0.3) is 0 Å². The normalized spacial score (nSPS) is 10.6. The summed E-state index contributed by atoms with van der Waals surface area (Å²) in [6, 6.07) is 0. The van der Waals surface area contributed by atoms with E-state index >= 15 is 0 Å². The minimum absolute atomic E-state index is 0.769. The molecular weight excluding hydrogens is 208 g/mol. The molecule has 0 atom stereocenters. The Morgan fingerprint density at radius 3 is 2.80 bits per heavy atom. The highest BCUT2D eigenvalue weighted by molar-refractivity contribution is 7.09. The van der Waals surface area contributed by atoms with E-state index in [1.165, 1.54) is 0 Å². The van der Waals surface area contributed by atoms with Gasteiger partial charge >= 0.3 is 0 Å². The van der Waals surface area contributed by atoms with Crippen LogP contribution in [0.15, 0.2) is 11.6 Å². The summed E-state index contributed by atoms with van der Waals surface area (Å²) >= 11 is 1.66. The Morgan fingerprint density at radius 2 is 2.27 bits per heavy atom. The summed E-state index contributed by atoms with van der Waals surface area (Å²) in [7, 11) is 1.96. The van der Waals surface area contributed by atoms with E-state index in [0.717, 1.165) is 28.6 Å². The Kier molecular flexibility index (Phi) is 2.73. The number of anilines is 1. The molecule has 2 aromatic heterocycles. The molecule has 0 unspecified atom stereocenters. The summed E-state index contributed by atoms with van der Waals surface area (Å²) in [6.07, 6.45) is 1.82. The predicted octanol–water partition coefficient (Wildman–Crippen LogP) is 2.11. The highest BCUT2D eigenvalue weighted by atomic mass is 32.1. The largest absolute Gasteiger partial charge is 0.376 e. The monoisotopic (exact) mass is 222 g/mol. The van der Waals surface area contributed by atoms with Crippen molar-refractivity contribution in [3.8, 4) is 0 Å². The van der Waals surface area contributed by atoms with Crippen LogP contribution in [0.5, 0.6) is 0 Å². The minimum atomic E-state index is 0.769. The number of aromatic nitrogens is 3. The molecule has 0 aliphatic heterocycles. The quantitative estimate of drug-likeness (QED) is 0.865. The van der Waals surface area contributed by atoms with Crippen molar-refractivity contribution >= 4 is 17.0 Å². The van der Waals surface area contributed by atoms with Gasteiger partial charge in [-0.25, -0.2) is 4.98 Å². The van der Waals surface area contributed by atoms with Crippen LogP contribution >= 0.6 is 11.3 Å². The summed E-state index contributed by atoms with van der Waals surface area (Å²) in [5.41, 5.74) is 3.31. The van der Waals surface area contributed by atoms with Crippen LogP contribution in [0.2, 0.25) is 0 Å². The van der Waals surface area contributed by atoms with Crippen molar-refractivity contribution in [2.24, 2.45) is 7.05 Å². The third kappa shape index (κ3) is 2.02. The van der Waals surface area contributed by atoms with E-state index in [1.807, 2.05) is 30.2 Å². The topological polar surface area (TPSA) is 42.7 Å². The zero-order chi connectivity index (χ0) is 10.8.